The average molecular weight is 271 g/mol. The summed E-state index contributed by atoms with van der Waals surface area (Å²) in [5.41, 5.74) is 0.285. The minimum Gasteiger partial charge on any atom is -0.481 e. The highest BCUT2D eigenvalue weighted by molar-refractivity contribution is 7.99. The predicted octanol–water partition coefficient (Wildman–Crippen LogP) is 1.32. The molecule has 0 aliphatic carbocycles. The Kier molecular flexibility index (Phi) is 4.00. The van der Waals surface area contributed by atoms with Crippen molar-refractivity contribution in [2.75, 3.05) is 23.0 Å². The van der Waals surface area contributed by atoms with E-state index in [0.29, 0.717) is 12.3 Å². The first-order valence-electron chi connectivity index (χ1n) is 5.63. The van der Waals surface area contributed by atoms with E-state index in [1.807, 2.05) is 0 Å². The van der Waals surface area contributed by atoms with E-state index in [0.717, 1.165) is 5.75 Å². The predicted molar refractivity (Wildman–Crippen MR) is 67.4 cm³/mol. The largest absolute Gasteiger partial charge is 0.481 e. The molecular formula is C11H14FN3O2S. The van der Waals surface area contributed by atoms with E-state index < -0.39 is 11.8 Å². The summed E-state index contributed by atoms with van der Waals surface area (Å²) in [6.45, 7) is 2.18. The Labute approximate surface area is 108 Å². The fourth-order valence-electron chi connectivity index (χ4n) is 1.95. The molecule has 0 aromatic carbocycles. The Morgan fingerprint density at radius 3 is 3.17 bits per heavy atom. The number of carboxylic acids is 1. The monoisotopic (exact) mass is 271 g/mol. The van der Waals surface area contributed by atoms with Crippen molar-refractivity contribution in [1.29, 1.82) is 0 Å². The van der Waals surface area contributed by atoms with Gasteiger partial charge in [-0.15, -0.1) is 0 Å². The van der Waals surface area contributed by atoms with Crippen LogP contribution in [0, 0.1) is 12.7 Å². The molecule has 5 nitrogen and oxygen atoms in total. The quantitative estimate of drug-likeness (QED) is 0.894. The summed E-state index contributed by atoms with van der Waals surface area (Å²) in [7, 11) is 0. The number of anilines is 1. The molecule has 1 aromatic heterocycles. The summed E-state index contributed by atoms with van der Waals surface area (Å²) in [6.07, 6.45) is 1.31. The molecule has 1 aliphatic heterocycles. The maximum Gasteiger partial charge on any atom is 0.305 e. The van der Waals surface area contributed by atoms with E-state index in [2.05, 4.69) is 9.97 Å². The Hall–Kier alpha value is -1.37. The lowest BCUT2D eigenvalue weighted by atomic mass is 10.2. The maximum atomic E-state index is 14.0. The smallest absolute Gasteiger partial charge is 0.305 e. The second-order valence-electron chi connectivity index (χ2n) is 4.12. The van der Waals surface area contributed by atoms with Gasteiger partial charge in [-0.3, -0.25) is 4.79 Å². The number of aryl methyl sites for hydroxylation is 1. The molecule has 0 amide bonds. The van der Waals surface area contributed by atoms with Crippen molar-refractivity contribution < 1.29 is 14.3 Å². The Morgan fingerprint density at radius 2 is 2.44 bits per heavy atom. The van der Waals surface area contributed by atoms with E-state index in [-0.39, 0.29) is 24.0 Å². The van der Waals surface area contributed by atoms with Crippen molar-refractivity contribution in [2.24, 2.45) is 0 Å². The lowest BCUT2D eigenvalue weighted by Crippen LogP contribution is -2.44. The van der Waals surface area contributed by atoms with E-state index in [4.69, 9.17) is 5.11 Å². The number of hydrogen-bond donors (Lipinski definition) is 1. The van der Waals surface area contributed by atoms with Crippen molar-refractivity contribution in [2.45, 2.75) is 19.4 Å². The van der Waals surface area contributed by atoms with E-state index in [1.54, 1.807) is 23.6 Å². The van der Waals surface area contributed by atoms with Crippen molar-refractivity contribution in [3.05, 3.63) is 17.8 Å². The minimum absolute atomic E-state index is 0.00447. The third-order valence-corrected chi connectivity index (χ3v) is 3.95. The van der Waals surface area contributed by atoms with Gasteiger partial charge < -0.3 is 10.0 Å². The third kappa shape index (κ3) is 2.72. The summed E-state index contributed by atoms with van der Waals surface area (Å²) in [4.78, 5) is 20.3. The third-order valence-electron chi connectivity index (χ3n) is 2.86. The standard InChI is InChI=1S/C11H14FN3O2S/c1-7-10(12)11(14-6-13-7)15-2-3-18-5-8(15)4-9(16)17/h6,8H,2-5H2,1H3,(H,16,17). The van der Waals surface area contributed by atoms with Gasteiger partial charge in [-0.25, -0.2) is 14.4 Å². The van der Waals surface area contributed by atoms with Crippen LogP contribution in [0.3, 0.4) is 0 Å². The van der Waals surface area contributed by atoms with Crippen LogP contribution in [0.1, 0.15) is 12.1 Å². The molecule has 1 atom stereocenters. The zero-order chi connectivity index (χ0) is 13.1. The number of hydrogen-bond acceptors (Lipinski definition) is 5. The summed E-state index contributed by atoms with van der Waals surface area (Å²) >= 11 is 1.68. The second-order valence-corrected chi connectivity index (χ2v) is 5.27. The molecule has 1 saturated heterocycles. The average Bonchev–Trinajstić information content (AvgIpc) is 2.33. The van der Waals surface area contributed by atoms with Gasteiger partial charge in [0, 0.05) is 18.1 Å². The van der Waals surface area contributed by atoms with Crippen LogP contribution in [0.4, 0.5) is 10.2 Å². The Bertz CT molecular complexity index is 458. The lowest BCUT2D eigenvalue weighted by molar-refractivity contribution is -0.137. The van der Waals surface area contributed by atoms with Gasteiger partial charge in [-0.05, 0) is 6.92 Å². The van der Waals surface area contributed by atoms with E-state index in [1.165, 1.54) is 6.33 Å². The van der Waals surface area contributed by atoms with Crippen molar-refractivity contribution in [1.82, 2.24) is 9.97 Å². The molecule has 1 aliphatic rings. The summed E-state index contributed by atoms with van der Waals surface area (Å²) in [6, 6.07) is -0.218. The molecule has 1 unspecified atom stereocenters. The SMILES string of the molecule is Cc1ncnc(N2CCSCC2CC(=O)O)c1F. The number of thioether (sulfide) groups is 1. The van der Waals surface area contributed by atoms with Crippen LogP contribution < -0.4 is 4.90 Å². The maximum absolute atomic E-state index is 14.0. The summed E-state index contributed by atoms with van der Waals surface area (Å²) < 4.78 is 14.0. The number of halogens is 1. The van der Waals surface area contributed by atoms with Crippen LogP contribution in [0.2, 0.25) is 0 Å². The number of nitrogens with zero attached hydrogens (tertiary/aromatic N) is 3. The summed E-state index contributed by atoms with van der Waals surface area (Å²) in [5.74, 6) is 0.403. The van der Waals surface area contributed by atoms with Gasteiger partial charge in [0.1, 0.15) is 6.33 Å². The molecule has 7 heteroatoms. The van der Waals surface area contributed by atoms with E-state index in [9.17, 15) is 9.18 Å². The fourth-order valence-corrected chi connectivity index (χ4v) is 3.01. The van der Waals surface area contributed by atoms with Gasteiger partial charge >= 0.3 is 5.97 Å². The first-order chi connectivity index (χ1) is 8.59. The van der Waals surface area contributed by atoms with Crippen LogP contribution in [-0.4, -0.2) is 45.1 Å². The highest BCUT2D eigenvalue weighted by Crippen LogP contribution is 2.26. The zero-order valence-corrected chi connectivity index (χ0v) is 10.8. The number of carbonyl (C=O) groups is 1. The lowest BCUT2D eigenvalue weighted by Gasteiger charge is -2.35. The van der Waals surface area contributed by atoms with Crippen LogP contribution in [0.25, 0.3) is 0 Å². The normalized spacial score (nSPS) is 19.9. The highest BCUT2D eigenvalue weighted by Gasteiger charge is 2.28. The zero-order valence-electron chi connectivity index (χ0n) is 9.97. The van der Waals surface area contributed by atoms with Gasteiger partial charge in [0.05, 0.1) is 18.2 Å². The molecule has 18 heavy (non-hydrogen) atoms. The molecule has 1 N–H and O–H groups in total. The van der Waals surface area contributed by atoms with Gasteiger partial charge in [-0.1, -0.05) is 0 Å². The molecule has 2 heterocycles. The van der Waals surface area contributed by atoms with Crippen molar-refractivity contribution in [3.8, 4) is 0 Å². The number of aromatic nitrogens is 2. The molecule has 98 valence electrons. The summed E-state index contributed by atoms with van der Waals surface area (Å²) in [5, 5.41) is 8.89. The first-order valence-corrected chi connectivity index (χ1v) is 6.78. The van der Waals surface area contributed by atoms with Crippen LogP contribution in [0.15, 0.2) is 6.33 Å². The van der Waals surface area contributed by atoms with Crippen molar-refractivity contribution in [3.63, 3.8) is 0 Å². The molecule has 0 saturated carbocycles. The van der Waals surface area contributed by atoms with Crippen LogP contribution in [0.5, 0.6) is 0 Å². The number of rotatable bonds is 3. The van der Waals surface area contributed by atoms with E-state index >= 15 is 0 Å². The number of carboxylic acid groups (broad SMARTS) is 1. The van der Waals surface area contributed by atoms with Crippen LogP contribution in [-0.2, 0) is 4.79 Å². The molecule has 1 aromatic rings. The highest BCUT2D eigenvalue weighted by atomic mass is 32.2. The van der Waals surface area contributed by atoms with Gasteiger partial charge in [0.15, 0.2) is 11.6 Å². The number of aliphatic carboxylic acids is 1. The van der Waals surface area contributed by atoms with Gasteiger partial charge in [0.2, 0.25) is 0 Å². The Balaban J connectivity index is 2.27. The molecule has 2 rings (SSSR count). The first kappa shape index (κ1) is 13.1. The second kappa shape index (κ2) is 5.51. The fraction of sp³-hybridized carbons (Fsp3) is 0.545. The Morgan fingerprint density at radius 1 is 1.67 bits per heavy atom. The van der Waals surface area contributed by atoms with Gasteiger partial charge in [-0.2, -0.15) is 11.8 Å². The molecule has 0 radical (unpaired) electrons. The van der Waals surface area contributed by atoms with Crippen LogP contribution >= 0.6 is 11.8 Å². The molecule has 0 bridgehead atoms. The van der Waals surface area contributed by atoms with Gasteiger partial charge in [0.25, 0.3) is 0 Å². The molecule has 1 fully saturated rings. The molecule has 0 spiro atoms. The topological polar surface area (TPSA) is 66.3 Å². The minimum atomic E-state index is -0.876. The molecular weight excluding hydrogens is 257 g/mol. The van der Waals surface area contributed by atoms with Crippen molar-refractivity contribution >= 4 is 23.5 Å².